The number of aromatic nitrogens is 1. The minimum atomic E-state index is -4.38. The smallest absolute Gasteiger partial charge is 0.417 e. The number of nitrogens with zero attached hydrogens (tertiary/aromatic N) is 1. The Balaban J connectivity index is 0.000000252. The van der Waals surface area contributed by atoms with Gasteiger partial charge in [0.1, 0.15) is 6.61 Å². The van der Waals surface area contributed by atoms with E-state index < -0.39 is 11.7 Å². The molecule has 1 aliphatic rings. The van der Waals surface area contributed by atoms with Gasteiger partial charge in [0.15, 0.2) is 0 Å². The Hall–Kier alpha value is -3.81. The molecule has 38 heavy (non-hydrogen) atoms. The van der Waals surface area contributed by atoms with Gasteiger partial charge in [-0.25, -0.2) is 9.78 Å². The van der Waals surface area contributed by atoms with Gasteiger partial charge in [-0.15, -0.1) is 0 Å². The van der Waals surface area contributed by atoms with Gasteiger partial charge in [0.25, 0.3) is 0 Å². The SMILES string of the molecule is CC.CCOC(=O)c1cc(N)cc(C2=CCCC2)c1.Cc1cc(C(F)(F)F)cnc1OCc1ccccc1. The minimum Gasteiger partial charge on any atom is -0.473 e. The lowest BCUT2D eigenvalue weighted by atomic mass is 10.0. The number of halogens is 3. The van der Waals surface area contributed by atoms with Crippen molar-refractivity contribution in [3.05, 3.63) is 94.7 Å². The molecule has 204 valence electrons. The molecule has 1 aromatic heterocycles. The number of anilines is 1. The van der Waals surface area contributed by atoms with Crippen LogP contribution in [-0.2, 0) is 17.5 Å². The zero-order chi connectivity index (χ0) is 28.1. The Labute approximate surface area is 222 Å². The summed E-state index contributed by atoms with van der Waals surface area (Å²) in [6, 6.07) is 15.8. The van der Waals surface area contributed by atoms with Crippen molar-refractivity contribution in [1.82, 2.24) is 4.98 Å². The third kappa shape index (κ3) is 9.25. The van der Waals surface area contributed by atoms with Crippen molar-refractivity contribution in [2.24, 2.45) is 0 Å². The number of allylic oxidation sites excluding steroid dienone is 2. The van der Waals surface area contributed by atoms with E-state index >= 15 is 0 Å². The van der Waals surface area contributed by atoms with Crippen LogP contribution in [0.15, 0.2) is 66.9 Å². The van der Waals surface area contributed by atoms with Gasteiger partial charge in [0, 0.05) is 17.4 Å². The summed E-state index contributed by atoms with van der Waals surface area (Å²) in [7, 11) is 0. The number of nitrogens with two attached hydrogens (primary N) is 1. The Morgan fingerprint density at radius 3 is 2.37 bits per heavy atom. The number of benzene rings is 2. The monoisotopic (exact) mass is 528 g/mol. The zero-order valence-corrected chi connectivity index (χ0v) is 22.3. The molecule has 0 saturated heterocycles. The average molecular weight is 529 g/mol. The number of rotatable bonds is 6. The second-order valence-electron chi connectivity index (χ2n) is 8.30. The molecule has 8 heteroatoms. The van der Waals surface area contributed by atoms with E-state index in [2.05, 4.69) is 11.1 Å². The number of hydrogen-bond acceptors (Lipinski definition) is 5. The highest BCUT2D eigenvalue weighted by Crippen LogP contribution is 2.31. The Morgan fingerprint density at radius 2 is 1.79 bits per heavy atom. The Kier molecular flexibility index (Phi) is 11.9. The normalized spacial score (nSPS) is 12.3. The maximum atomic E-state index is 12.5. The molecule has 0 amide bonds. The molecule has 0 unspecified atom stereocenters. The second-order valence-corrected chi connectivity index (χ2v) is 8.30. The van der Waals surface area contributed by atoms with Gasteiger partial charge in [-0.05, 0) is 74.1 Å². The number of carbonyl (C=O) groups excluding carboxylic acids is 1. The molecule has 2 N–H and O–H groups in total. The van der Waals surface area contributed by atoms with Crippen molar-refractivity contribution in [2.75, 3.05) is 12.3 Å². The summed E-state index contributed by atoms with van der Waals surface area (Å²) in [5, 5.41) is 0. The first-order valence-corrected chi connectivity index (χ1v) is 12.6. The number of esters is 1. The third-order valence-electron chi connectivity index (χ3n) is 5.45. The molecular weight excluding hydrogens is 493 g/mol. The van der Waals surface area contributed by atoms with E-state index in [1.807, 2.05) is 56.3 Å². The molecule has 0 saturated carbocycles. The number of nitrogen functional groups attached to an aromatic ring is 1. The summed E-state index contributed by atoms with van der Waals surface area (Å²) < 4.78 is 47.8. The van der Waals surface area contributed by atoms with Gasteiger partial charge in [0.05, 0.1) is 17.7 Å². The zero-order valence-electron chi connectivity index (χ0n) is 22.3. The van der Waals surface area contributed by atoms with Crippen LogP contribution in [-0.4, -0.2) is 17.6 Å². The van der Waals surface area contributed by atoms with Crippen LogP contribution >= 0.6 is 0 Å². The van der Waals surface area contributed by atoms with Gasteiger partial charge in [-0.3, -0.25) is 0 Å². The van der Waals surface area contributed by atoms with Crippen molar-refractivity contribution in [1.29, 1.82) is 0 Å². The van der Waals surface area contributed by atoms with Crippen LogP contribution in [0.3, 0.4) is 0 Å². The lowest BCUT2D eigenvalue weighted by Crippen LogP contribution is -2.07. The van der Waals surface area contributed by atoms with E-state index in [0.29, 0.717) is 23.4 Å². The average Bonchev–Trinajstić information content (AvgIpc) is 3.45. The first kappa shape index (κ1) is 30.4. The second kappa shape index (κ2) is 14.8. The van der Waals surface area contributed by atoms with E-state index in [0.717, 1.165) is 36.2 Å². The van der Waals surface area contributed by atoms with Crippen LogP contribution in [0.1, 0.15) is 72.6 Å². The van der Waals surface area contributed by atoms with Crippen LogP contribution in [0.2, 0.25) is 0 Å². The van der Waals surface area contributed by atoms with Gasteiger partial charge >= 0.3 is 12.1 Å². The summed E-state index contributed by atoms with van der Waals surface area (Å²) in [6.45, 7) is 8.00. The van der Waals surface area contributed by atoms with Crippen molar-refractivity contribution in [3.63, 3.8) is 0 Å². The highest BCUT2D eigenvalue weighted by atomic mass is 19.4. The van der Waals surface area contributed by atoms with Crippen molar-refractivity contribution in [2.45, 2.75) is 59.7 Å². The summed E-state index contributed by atoms with van der Waals surface area (Å²) in [5.41, 5.74) is 9.83. The molecule has 0 bridgehead atoms. The number of pyridine rings is 1. The lowest BCUT2D eigenvalue weighted by molar-refractivity contribution is -0.137. The minimum absolute atomic E-state index is 0.219. The Bertz CT molecular complexity index is 1210. The summed E-state index contributed by atoms with van der Waals surface area (Å²) in [6.07, 6.45) is 1.97. The van der Waals surface area contributed by atoms with Crippen molar-refractivity contribution >= 4 is 17.2 Å². The highest BCUT2D eigenvalue weighted by Gasteiger charge is 2.31. The molecule has 4 rings (SSSR count). The molecule has 0 aliphatic heterocycles. The molecule has 0 radical (unpaired) electrons. The number of ether oxygens (including phenoxy) is 2. The fourth-order valence-corrected chi connectivity index (χ4v) is 3.70. The van der Waals surface area contributed by atoms with E-state index in [1.165, 1.54) is 12.0 Å². The van der Waals surface area contributed by atoms with Gasteiger partial charge in [-0.1, -0.05) is 50.3 Å². The van der Waals surface area contributed by atoms with E-state index in [9.17, 15) is 18.0 Å². The van der Waals surface area contributed by atoms with E-state index in [4.69, 9.17) is 15.2 Å². The molecule has 0 spiro atoms. The van der Waals surface area contributed by atoms with Crippen LogP contribution in [0, 0.1) is 6.92 Å². The standard InChI is InChI=1S/C14H12F3NO.C14H17NO2.C2H6/c1-10-7-12(14(15,16)17)8-18-13(10)19-9-11-5-3-2-4-6-11;1-2-17-14(16)12-7-11(8-13(15)9-12)10-5-3-4-6-10;1-2/h2-8H,9H2,1H3;5,7-9H,2-4,6,15H2,1H3;1-2H3. The number of hydrogen-bond donors (Lipinski definition) is 1. The maximum absolute atomic E-state index is 12.5. The molecule has 0 fully saturated rings. The summed E-state index contributed by atoms with van der Waals surface area (Å²) in [5.74, 6) is -0.0866. The predicted octanol–water partition coefficient (Wildman–Crippen LogP) is 8.03. The Morgan fingerprint density at radius 1 is 1.08 bits per heavy atom. The van der Waals surface area contributed by atoms with Gasteiger partial charge in [0.2, 0.25) is 5.88 Å². The van der Waals surface area contributed by atoms with Crippen molar-refractivity contribution in [3.8, 4) is 5.88 Å². The number of alkyl halides is 3. The fraction of sp³-hybridized carbons (Fsp3) is 0.333. The van der Waals surface area contributed by atoms with Crippen LogP contribution in [0.25, 0.3) is 5.57 Å². The molecule has 3 aromatic rings. The quantitative estimate of drug-likeness (QED) is 0.259. The molecule has 5 nitrogen and oxygen atoms in total. The van der Waals surface area contributed by atoms with E-state index in [1.54, 1.807) is 19.9 Å². The maximum Gasteiger partial charge on any atom is 0.417 e. The number of aryl methyl sites for hydroxylation is 1. The summed E-state index contributed by atoms with van der Waals surface area (Å²) >= 11 is 0. The van der Waals surface area contributed by atoms with Crippen LogP contribution < -0.4 is 10.5 Å². The largest absolute Gasteiger partial charge is 0.473 e. The topological polar surface area (TPSA) is 74.4 Å². The predicted molar refractivity (Wildman–Crippen MR) is 145 cm³/mol. The number of carbonyl (C=O) groups is 1. The fourth-order valence-electron chi connectivity index (χ4n) is 3.70. The van der Waals surface area contributed by atoms with Crippen LogP contribution in [0.5, 0.6) is 5.88 Å². The lowest BCUT2D eigenvalue weighted by Gasteiger charge is -2.11. The van der Waals surface area contributed by atoms with Crippen LogP contribution in [0.4, 0.5) is 18.9 Å². The highest BCUT2D eigenvalue weighted by molar-refractivity contribution is 5.92. The van der Waals surface area contributed by atoms with Gasteiger partial charge in [-0.2, -0.15) is 13.2 Å². The first-order chi connectivity index (χ1) is 18.2. The summed E-state index contributed by atoms with van der Waals surface area (Å²) in [4.78, 5) is 15.4. The molecule has 0 atom stereocenters. The third-order valence-corrected chi connectivity index (χ3v) is 5.45. The van der Waals surface area contributed by atoms with E-state index in [-0.39, 0.29) is 18.5 Å². The molecular formula is C30H35F3N2O3. The molecule has 1 aliphatic carbocycles. The van der Waals surface area contributed by atoms with Gasteiger partial charge < -0.3 is 15.2 Å². The molecule has 1 heterocycles. The molecule has 2 aromatic carbocycles. The van der Waals surface area contributed by atoms with Crippen molar-refractivity contribution < 1.29 is 27.4 Å². The first-order valence-electron chi connectivity index (χ1n) is 12.6.